The van der Waals surface area contributed by atoms with Crippen LogP contribution in [0.3, 0.4) is 0 Å². The lowest BCUT2D eigenvalue weighted by Crippen LogP contribution is -2.46. The Labute approximate surface area is 174 Å². The first-order chi connectivity index (χ1) is 14.1. The first kappa shape index (κ1) is 19.9. The molecule has 5 heteroatoms. The van der Waals surface area contributed by atoms with Gasteiger partial charge in [-0.2, -0.15) is 0 Å². The molecule has 1 amide bonds. The van der Waals surface area contributed by atoms with E-state index in [0.29, 0.717) is 24.5 Å². The van der Waals surface area contributed by atoms with Crippen molar-refractivity contribution in [2.24, 2.45) is 0 Å². The molecule has 1 N–H and O–H groups in total. The Bertz CT molecular complexity index is 799. The molecule has 4 rings (SSSR count). The lowest BCUT2D eigenvalue weighted by atomic mass is 10.0. The molecule has 3 heterocycles. The third-order valence-corrected chi connectivity index (χ3v) is 6.26. The summed E-state index contributed by atoms with van der Waals surface area (Å²) in [5.74, 6) is 0.248. The van der Waals surface area contributed by atoms with Gasteiger partial charge >= 0.3 is 0 Å². The van der Waals surface area contributed by atoms with Crippen LogP contribution in [0.4, 0.5) is 11.4 Å². The zero-order valence-electron chi connectivity index (χ0n) is 17.6. The predicted molar refractivity (Wildman–Crippen MR) is 118 cm³/mol. The van der Waals surface area contributed by atoms with Crippen LogP contribution in [0, 0.1) is 0 Å². The number of amides is 1. The molecular weight excluding hydrogens is 360 g/mol. The smallest absolute Gasteiger partial charge is 0.227 e. The van der Waals surface area contributed by atoms with Gasteiger partial charge in [0.05, 0.1) is 0 Å². The summed E-state index contributed by atoms with van der Waals surface area (Å²) in [5, 5.41) is 3.80. The molecule has 0 radical (unpaired) electrons. The van der Waals surface area contributed by atoms with Crippen LogP contribution in [0.1, 0.15) is 45.1 Å². The van der Waals surface area contributed by atoms with Gasteiger partial charge in [0.25, 0.3) is 0 Å². The fourth-order valence-corrected chi connectivity index (χ4v) is 4.69. The molecule has 2 aromatic rings. The highest BCUT2D eigenvalue weighted by Gasteiger charge is 2.29. The number of hydrogen-bond donors (Lipinski definition) is 1. The van der Waals surface area contributed by atoms with Crippen LogP contribution in [0.2, 0.25) is 0 Å². The second-order valence-electron chi connectivity index (χ2n) is 8.56. The van der Waals surface area contributed by atoms with Gasteiger partial charge in [-0.1, -0.05) is 6.07 Å². The SMILES string of the molecule is C[C@H](Cc1cccnc1)NC1CCN(c2ccc(N3C(=O)CC[C@@H]3C)cc2)CC1. The quantitative estimate of drug-likeness (QED) is 0.813. The molecule has 0 spiro atoms. The molecule has 2 saturated heterocycles. The van der Waals surface area contributed by atoms with Crippen LogP contribution in [0.25, 0.3) is 0 Å². The number of carbonyl (C=O) groups excluding carboxylic acids is 1. The third kappa shape index (κ3) is 4.78. The van der Waals surface area contributed by atoms with E-state index in [9.17, 15) is 4.79 Å². The Kier molecular flexibility index (Phi) is 6.14. The zero-order valence-corrected chi connectivity index (χ0v) is 17.6. The molecule has 1 aromatic heterocycles. The number of nitrogens with zero attached hydrogens (tertiary/aromatic N) is 3. The van der Waals surface area contributed by atoms with Crippen molar-refractivity contribution in [2.75, 3.05) is 22.9 Å². The Morgan fingerprint density at radius 3 is 2.45 bits per heavy atom. The van der Waals surface area contributed by atoms with Gasteiger partial charge in [0, 0.05) is 61.4 Å². The lowest BCUT2D eigenvalue weighted by molar-refractivity contribution is -0.117. The van der Waals surface area contributed by atoms with Crippen molar-refractivity contribution in [3.8, 4) is 0 Å². The molecule has 0 unspecified atom stereocenters. The zero-order chi connectivity index (χ0) is 20.2. The highest BCUT2D eigenvalue weighted by Crippen LogP contribution is 2.29. The summed E-state index contributed by atoms with van der Waals surface area (Å²) in [6, 6.07) is 14.0. The molecule has 1 aromatic carbocycles. The van der Waals surface area contributed by atoms with Crippen LogP contribution in [-0.2, 0) is 11.2 Å². The normalized spacial score (nSPS) is 21.6. The molecule has 2 fully saturated rings. The largest absolute Gasteiger partial charge is 0.371 e. The molecular formula is C24H32N4O. The number of nitrogens with one attached hydrogen (secondary N) is 1. The molecule has 0 bridgehead atoms. The van der Waals surface area contributed by atoms with Crippen LogP contribution >= 0.6 is 0 Å². The topological polar surface area (TPSA) is 48.5 Å². The van der Waals surface area contributed by atoms with Crippen molar-refractivity contribution >= 4 is 17.3 Å². The maximum absolute atomic E-state index is 12.1. The Morgan fingerprint density at radius 1 is 1.10 bits per heavy atom. The Hall–Kier alpha value is -2.40. The fraction of sp³-hybridized carbons (Fsp3) is 0.500. The van der Waals surface area contributed by atoms with E-state index in [-0.39, 0.29) is 5.91 Å². The van der Waals surface area contributed by atoms with E-state index < -0.39 is 0 Å². The lowest BCUT2D eigenvalue weighted by Gasteiger charge is -2.35. The molecule has 2 aliphatic heterocycles. The standard InChI is InChI=1S/C24H32N4O/c1-18(16-20-4-3-13-25-17-20)26-21-11-14-27(15-12-21)22-6-8-23(9-7-22)28-19(2)5-10-24(28)29/h3-4,6-9,13,17-19,21,26H,5,10-12,14-16H2,1-2H3/t18-,19+/m1/s1. The second-order valence-corrected chi connectivity index (χ2v) is 8.56. The predicted octanol–water partition coefficient (Wildman–Crippen LogP) is 3.79. The van der Waals surface area contributed by atoms with Crippen molar-refractivity contribution in [3.05, 3.63) is 54.4 Å². The minimum absolute atomic E-state index is 0.248. The van der Waals surface area contributed by atoms with Crippen molar-refractivity contribution in [2.45, 2.75) is 64.1 Å². The second kappa shape index (κ2) is 8.95. The van der Waals surface area contributed by atoms with E-state index in [2.05, 4.69) is 59.4 Å². The van der Waals surface area contributed by atoms with E-state index in [0.717, 1.165) is 44.5 Å². The molecule has 2 atom stereocenters. The van der Waals surface area contributed by atoms with Crippen molar-refractivity contribution < 1.29 is 4.79 Å². The van der Waals surface area contributed by atoms with Gasteiger partial charge in [0.15, 0.2) is 0 Å². The number of piperidine rings is 1. The number of anilines is 2. The molecule has 154 valence electrons. The fourth-order valence-electron chi connectivity index (χ4n) is 4.69. The minimum Gasteiger partial charge on any atom is -0.371 e. The summed E-state index contributed by atoms with van der Waals surface area (Å²) in [4.78, 5) is 20.7. The van der Waals surface area contributed by atoms with Gasteiger partial charge in [-0.05, 0) is 75.4 Å². The molecule has 5 nitrogen and oxygen atoms in total. The van der Waals surface area contributed by atoms with Crippen LogP contribution in [-0.4, -0.2) is 42.1 Å². The van der Waals surface area contributed by atoms with Crippen molar-refractivity contribution in [3.63, 3.8) is 0 Å². The summed E-state index contributed by atoms with van der Waals surface area (Å²) >= 11 is 0. The van der Waals surface area contributed by atoms with Gasteiger partial charge in [-0.25, -0.2) is 0 Å². The number of aromatic nitrogens is 1. The molecule has 2 aliphatic rings. The number of carbonyl (C=O) groups is 1. The van der Waals surface area contributed by atoms with Crippen LogP contribution in [0.15, 0.2) is 48.8 Å². The summed E-state index contributed by atoms with van der Waals surface area (Å²) in [6.45, 7) is 6.52. The van der Waals surface area contributed by atoms with E-state index in [4.69, 9.17) is 0 Å². The molecule has 0 saturated carbocycles. The van der Waals surface area contributed by atoms with Crippen molar-refractivity contribution in [1.29, 1.82) is 0 Å². The number of rotatable bonds is 6. The van der Waals surface area contributed by atoms with E-state index in [1.54, 1.807) is 0 Å². The van der Waals surface area contributed by atoms with Crippen molar-refractivity contribution in [1.82, 2.24) is 10.3 Å². The van der Waals surface area contributed by atoms with E-state index >= 15 is 0 Å². The highest BCUT2D eigenvalue weighted by atomic mass is 16.2. The first-order valence-corrected chi connectivity index (χ1v) is 10.9. The summed E-state index contributed by atoms with van der Waals surface area (Å²) in [6.07, 6.45) is 8.74. The number of pyridine rings is 1. The van der Waals surface area contributed by atoms with Gasteiger partial charge < -0.3 is 15.1 Å². The van der Waals surface area contributed by atoms with E-state index in [1.165, 1.54) is 11.3 Å². The van der Waals surface area contributed by atoms with Gasteiger partial charge in [-0.15, -0.1) is 0 Å². The summed E-state index contributed by atoms with van der Waals surface area (Å²) in [7, 11) is 0. The first-order valence-electron chi connectivity index (χ1n) is 10.9. The maximum atomic E-state index is 12.1. The molecule has 0 aliphatic carbocycles. The van der Waals surface area contributed by atoms with Gasteiger partial charge in [-0.3, -0.25) is 9.78 Å². The Balaban J connectivity index is 1.27. The maximum Gasteiger partial charge on any atom is 0.227 e. The summed E-state index contributed by atoms with van der Waals surface area (Å²) in [5.41, 5.74) is 3.58. The Morgan fingerprint density at radius 2 is 1.83 bits per heavy atom. The van der Waals surface area contributed by atoms with Gasteiger partial charge in [0.1, 0.15) is 0 Å². The van der Waals surface area contributed by atoms with E-state index in [1.807, 2.05) is 23.4 Å². The summed E-state index contributed by atoms with van der Waals surface area (Å²) < 4.78 is 0. The van der Waals surface area contributed by atoms with Gasteiger partial charge in [0.2, 0.25) is 5.91 Å². The highest BCUT2D eigenvalue weighted by molar-refractivity contribution is 5.96. The number of hydrogen-bond acceptors (Lipinski definition) is 4. The van der Waals surface area contributed by atoms with Crippen LogP contribution < -0.4 is 15.1 Å². The minimum atomic E-state index is 0.248. The monoisotopic (exact) mass is 392 g/mol. The molecule has 29 heavy (non-hydrogen) atoms. The third-order valence-electron chi connectivity index (χ3n) is 6.26. The van der Waals surface area contributed by atoms with Crippen LogP contribution in [0.5, 0.6) is 0 Å². The number of benzene rings is 1. The average Bonchev–Trinajstić information content (AvgIpc) is 3.07. The average molecular weight is 393 g/mol.